The maximum Gasteiger partial charge on any atom is 0.196 e. The normalized spacial score (nSPS) is 15.9. The Hall–Kier alpha value is -1.94. The molecule has 0 spiro atoms. The van der Waals surface area contributed by atoms with Gasteiger partial charge >= 0.3 is 0 Å². The van der Waals surface area contributed by atoms with Gasteiger partial charge in [0, 0.05) is 15.6 Å². The lowest BCUT2D eigenvalue weighted by Crippen LogP contribution is -2.18. The maximum atomic E-state index is 13.8. The van der Waals surface area contributed by atoms with Crippen molar-refractivity contribution in [1.29, 1.82) is 0 Å². The molecule has 0 bridgehead atoms. The van der Waals surface area contributed by atoms with Gasteiger partial charge in [0.2, 0.25) is 0 Å². The van der Waals surface area contributed by atoms with E-state index in [4.69, 9.17) is 4.74 Å². The van der Waals surface area contributed by atoms with Gasteiger partial charge in [-0.3, -0.25) is 4.79 Å². The van der Waals surface area contributed by atoms with Crippen LogP contribution in [-0.4, -0.2) is 12.4 Å². The van der Waals surface area contributed by atoms with E-state index in [0.717, 1.165) is 0 Å². The van der Waals surface area contributed by atoms with E-state index in [-0.39, 0.29) is 18.2 Å². The Bertz CT molecular complexity index is 722. The van der Waals surface area contributed by atoms with E-state index in [1.807, 2.05) is 6.07 Å². The molecule has 0 unspecified atom stereocenters. The van der Waals surface area contributed by atoms with Crippen molar-refractivity contribution < 1.29 is 13.9 Å². The van der Waals surface area contributed by atoms with E-state index in [1.54, 1.807) is 36.4 Å². The minimum absolute atomic E-state index is 0.117. The number of halogens is 2. The van der Waals surface area contributed by atoms with Gasteiger partial charge in [-0.25, -0.2) is 4.39 Å². The highest BCUT2D eigenvalue weighted by atomic mass is 79.9. The molecule has 100 valence electrons. The molecule has 0 saturated heterocycles. The molecule has 2 aromatic rings. The molecular formula is C16H10BrFO2. The van der Waals surface area contributed by atoms with Crippen LogP contribution >= 0.6 is 15.9 Å². The lowest BCUT2D eigenvalue weighted by Gasteiger charge is -2.18. The number of fused-ring (bicyclic) bond motifs is 1. The fourth-order valence-electron chi connectivity index (χ4n) is 2.09. The van der Waals surface area contributed by atoms with Crippen molar-refractivity contribution in [2.75, 3.05) is 6.61 Å². The van der Waals surface area contributed by atoms with Crippen molar-refractivity contribution in [2.45, 2.75) is 0 Å². The van der Waals surface area contributed by atoms with E-state index in [9.17, 15) is 9.18 Å². The smallest absolute Gasteiger partial charge is 0.196 e. The SMILES string of the molecule is O=C1/C(=C/c2ccc(Br)cc2F)COc2ccccc21. The van der Waals surface area contributed by atoms with Crippen molar-refractivity contribution in [2.24, 2.45) is 0 Å². The number of Topliss-reactive ketones (excluding diaryl/α,β-unsaturated/α-hetero) is 1. The summed E-state index contributed by atoms with van der Waals surface area (Å²) in [7, 11) is 0. The minimum atomic E-state index is -0.376. The van der Waals surface area contributed by atoms with E-state index >= 15 is 0 Å². The molecule has 0 aromatic heterocycles. The largest absolute Gasteiger partial charge is 0.488 e. The second-order valence-electron chi connectivity index (χ2n) is 4.45. The van der Waals surface area contributed by atoms with Gasteiger partial charge in [-0.15, -0.1) is 0 Å². The Morgan fingerprint density at radius 2 is 2.00 bits per heavy atom. The molecule has 2 aromatic carbocycles. The summed E-state index contributed by atoms with van der Waals surface area (Å²) in [5.74, 6) is 0.0821. The molecule has 4 heteroatoms. The average Bonchev–Trinajstić information content (AvgIpc) is 2.45. The molecule has 1 aliphatic rings. The number of para-hydroxylation sites is 1. The Labute approximate surface area is 124 Å². The van der Waals surface area contributed by atoms with Crippen LogP contribution in [0.4, 0.5) is 4.39 Å². The van der Waals surface area contributed by atoms with Gasteiger partial charge in [0.25, 0.3) is 0 Å². The van der Waals surface area contributed by atoms with Crippen LogP contribution in [0.2, 0.25) is 0 Å². The highest BCUT2D eigenvalue weighted by molar-refractivity contribution is 9.10. The summed E-state index contributed by atoms with van der Waals surface area (Å²) in [6.45, 7) is 0.158. The number of ketones is 1. The molecule has 0 aliphatic carbocycles. The second-order valence-corrected chi connectivity index (χ2v) is 5.37. The standard InChI is InChI=1S/C16H10BrFO2/c17-12-6-5-10(14(18)8-12)7-11-9-20-15-4-2-1-3-13(15)16(11)19/h1-8H,9H2/b11-7+. The molecule has 0 saturated carbocycles. The zero-order chi connectivity index (χ0) is 14.1. The highest BCUT2D eigenvalue weighted by Crippen LogP contribution is 2.28. The number of hydrogen-bond acceptors (Lipinski definition) is 2. The van der Waals surface area contributed by atoms with Crippen LogP contribution in [0.1, 0.15) is 15.9 Å². The maximum absolute atomic E-state index is 13.8. The molecule has 0 radical (unpaired) electrons. The Balaban J connectivity index is 2.00. The number of hydrogen-bond donors (Lipinski definition) is 0. The lowest BCUT2D eigenvalue weighted by atomic mass is 9.98. The number of rotatable bonds is 1. The summed E-state index contributed by atoms with van der Waals surface area (Å²) in [5, 5.41) is 0. The molecule has 2 nitrogen and oxygen atoms in total. The molecule has 3 rings (SSSR count). The van der Waals surface area contributed by atoms with Crippen LogP contribution in [0.15, 0.2) is 52.5 Å². The number of benzene rings is 2. The third kappa shape index (κ3) is 2.39. The van der Waals surface area contributed by atoms with Gasteiger partial charge in [-0.05, 0) is 30.3 Å². The van der Waals surface area contributed by atoms with Crippen molar-refractivity contribution in [1.82, 2.24) is 0 Å². The van der Waals surface area contributed by atoms with E-state index in [2.05, 4.69) is 15.9 Å². The van der Waals surface area contributed by atoms with Crippen molar-refractivity contribution >= 4 is 27.8 Å². The molecule has 0 amide bonds. The van der Waals surface area contributed by atoms with E-state index in [0.29, 0.717) is 26.9 Å². The molecular weight excluding hydrogens is 323 g/mol. The van der Waals surface area contributed by atoms with Crippen molar-refractivity contribution in [3.63, 3.8) is 0 Å². The second kappa shape index (κ2) is 5.21. The summed E-state index contributed by atoms with van der Waals surface area (Å²) in [5.41, 5.74) is 1.34. The Kier molecular flexibility index (Phi) is 3.40. The van der Waals surface area contributed by atoms with Crippen LogP contribution in [0.25, 0.3) is 6.08 Å². The first-order chi connectivity index (χ1) is 9.65. The Morgan fingerprint density at radius 1 is 1.20 bits per heavy atom. The average molecular weight is 333 g/mol. The van der Waals surface area contributed by atoms with Crippen molar-refractivity contribution in [3.8, 4) is 5.75 Å². The van der Waals surface area contributed by atoms with Crippen molar-refractivity contribution in [3.05, 3.63) is 69.5 Å². The summed E-state index contributed by atoms with van der Waals surface area (Å²) in [4.78, 5) is 12.3. The number of ether oxygens (including phenoxy) is 1. The number of carbonyl (C=O) groups is 1. The molecule has 0 fully saturated rings. The lowest BCUT2D eigenvalue weighted by molar-refractivity contribution is 0.100. The monoisotopic (exact) mass is 332 g/mol. The first-order valence-corrected chi connectivity index (χ1v) is 6.86. The molecule has 20 heavy (non-hydrogen) atoms. The molecule has 1 heterocycles. The third-order valence-electron chi connectivity index (χ3n) is 3.10. The van der Waals surface area contributed by atoms with Gasteiger partial charge in [-0.1, -0.05) is 34.1 Å². The first-order valence-electron chi connectivity index (χ1n) is 6.07. The van der Waals surface area contributed by atoms with Gasteiger partial charge < -0.3 is 4.74 Å². The van der Waals surface area contributed by atoms with E-state index < -0.39 is 0 Å². The van der Waals surface area contributed by atoms with Crippen LogP contribution in [0, 0.1) is 5.82 Å². The molecule has 0 N–H and O–H groups in total. The van der Waals surface area contributed by atoms with Crippen LogP contribution in [0.3, 0.4) is 0 Å². The Morgan fingerprint density at radius 3 is 2.80 bits per heavy atom. The first kappa shape index (κ1) is 13.1. The fourth-order valence-corrected chi connectivity index (χ4v) is 2.42. The number of carbonyl (C=O) groups excluding carboxylic acids is 1. The zero-order valence-corrected chi connectivity index (χ0v) is 12.0. The van der Waals surface area contributed by atoms with Crippen LogP contribution in [-0.2, 0) is 0 Å². The van der Waals surface area contributed by atoms with Gasteiger partial charge in [0.15, 0.2) is 5.78 Å². The zero-order valence-electron chi connectivity index (χ0n) is 10.4. The summed E-state index contributed by atoms with van der Waals surface area (Å²) in [6.07, 6.45) is 1.54. The van der Waals surface area contributed by atoms with Crippen LogP contribution in [0.5, 0.6) is 5.75 Å². The third-order valence-corrected chi connectivity index (χ3v) is 3.59. The summed E-state index contributed by atoms with van der Waals surface area (Å²) in [6, 6.07) is 11.8. The summed E-state index contributed by atoms with van der Waals surface area (Å²) >= 11 is 3.20. The quantitative estimate of drug-likeness (QED) is 0.730. The predicted octanol–water partition coefficient (Wildman–Crippen LogP) is 4.25. The van der Waals surface area contributed by atoms with Gasteiger partial charge in [-0.2, -0.15) is 0 Å². The fraction of sp³-hybridized carbons (Fsp3) is 0.0625. The van der Waals surface area contributed by atoms with Gasteiger partial charge in [0.05, 0.1) is 5.56 Å². The topological polar surface area (TPSA) is 26.3 Å². The van der Waals surface area contributed by atoms with Crippen LogP contribution < -0.4 is 4.74 Å². The van der Waals surface area contributed by atoms with Gasteiger partial charge in [0.1, 0.15) is 18.2 Å². The molecule has 1 aliphatic heterocycles. The summed E-state index contributed by atoms with van der Waals surface area (Å²) < 4.78 is 20.0. The minimum Gasteiger partial charge on any atom is -0.488 e. The predicted molar refractivity (Wildman–Crippen MR) is 78.3 cm³/mol. The highest BCUT2D eigenvalue weighted by Gasteiger charge is 2.22. The molecule has 0 atom stereocenters. The van der Waals surface area contributed by atoms with E-state index in [1.165, 1.54) is 6.07 Å².